The van der Waals surface area contributed by atoms with Gasteiger partial charge in [-0.05, 0) is 25.8 Å². The summed E-state index contributed by atoms with van der Waals surface area (Å²) < 4.78 is 41.4. The smallest absolute Gasteiger partial charge is 0.394 e. The summed E-state index contributed by atoms with van der Waals surface area (Å²) >= 11 is 0. The van der Waals surface area contributed by atoms with Crippen LogP contribution in [0.1, 0.15) is 40.5 Å². The number of aliphatic carboxylic acids is 1. The normalized spacial score (nSPS) is 22.8. The second-order valence-electron chi connectivity index (χ2n) is 7.58. The quantitative estimate of drug-likeness (QED) is 0.861. The molecule has 1 N–H and O–H groups in total. The first-order chi connectivity index (χ1) is 13.1. The van der Waals surface area contributed by atoms with Crippen molar-refractivity contribution >= 4 is 22.9 Å². The Bertz CT molecular complexity index is 981. The maximum absolute atomic E-state index is 13.3. The summed E-state index contributed by atoms with van der Waals surface area (Å²) in [7, 11) is 1.70. The van der Waals surface area contributed by atoms with E-state index in [2.05, 4.69) is 10.1 Å². The number of carboxylic acid groups (broad SMARTS) is 1. The molecule has 2 fully saturated rings. The molecule has 1 saturated heterocycles. The number of rotatable bonds is 3. The van der Waals surface area contributed by atoms with E-state index in [1.54, 1.807) is 24.7 Å². The molecule has 7 nitrogen and oxygen atoms in total. The first-order valence-corrected chi connectivity index (χ1v) is 9.01. The Labute approximate surface area is 158 Å². The number of halogens is 3. The minimum Gasteiger partial charge on any atom is -0.481 e. The lowest BCUT2D eigenvalue weighted by Crippen LogP contribution is -2.34. The molecule has 1 amide bonds. The summed E-state index contributed by atoms with van der Waals surface area (Å²) in [6.45, 7) is 0.571. The first-order valence-electron chi connectivity index (χ1n) is 9.01. The monoisotopic (exact) mass is 396 g/mol. The molecule has 2 atom stereocenters. The van der Waals surface area contributed by atoms with Crippen molar-refractivity contribution < 1.29 is 27.9 Å². The predicted octanol–water partition coefficient (Wildman–Crippen LogP) is 2.49. The fraction of sp³-hybridized carbons (Fsp3) is 0.556. The largest absolute Gasteiger partial charge is 0.481 e. The van der Waals surface area contributed by atoms with Gasteiger partial charge in [-0.1, -0.05) is 0 Å². The number of carboxylic acids is 1. The van der Waals surface area contributed by atoms with Gasteiger partial charge >= 0.3 is 12.1 Å². The van der Waals surface area contributed by atoms with Crippen molar-refractivity contribution in [3.05, 3.63) is 23.0 Å². The Kier molecular flexibility index (Phi) is 4.13. The predicted molar refractivity (Wildman–Crippen MR) is 91.8 cm³/mol. The average Bonchev–Trinajstić information content (AvgIpc) is 3.28. The van der Waals surface area contributed by atoms with E-state index in [1.807, 2.05) is 0 Å². The highest BCUT2D eigenvalue weighted by Crippen LogP contribution is 2.42. The zero-order valence-corrected chi connectivity index (χ0v) is 15.3. The van der Waals surface area contributed by atoms with E-state index in [-0.39, 0.29) is 11.5 Å². The van der Waals surface area contributed by atoms with Crippen LogP contribution in [0.4, 0.5) is 13.2 Å². The van der Waals surface area contributed by atoms with Crippen LogP contribution in [0.2, 0.25) is 0 Å². The molecule has 0 radical (unpaired) electrons. The van der Waals surface area contributed by atoms with Crippen LogP contribution in [0, 0.1) is 18.8 Å². The van der Waals surface area contributed by atoms with Gasteiger partial charge in [-0.25, -0.2) is 4.98 Å². The topological polar surface area (TPSA) is 88.3 Å². The summed E-state index contributed by atoms with van der Waals surface area (Å²) in [5.74, 6) is -5.67. The Morgan fingerprint density at radius 2 is 1.93 bits per heavy atom. The molecule has 2 aromatic rings. The van der Waals surface area contributed by atoms with E-state index < -0.39 is 43.0 Å². The van der Waals surface area contributed by atoms with Crippen molar-refractivity contribution in [3.8, 4) is 0 Å². The van der Waals surface area contributed by atoms with Crippen molar-refractivity contribution in [2.45, 2.75) is 31.9 Å². The SMILES string of the molecule is Cc1nn(C)c2nc(C3CC3)cc(C(=O)N3C[C@@H](C(F)(F)F)[C@H](C(=O)O)C3)c12. The number of fused-ring (bicyclic) bond motifs is 1. The van der Waals surface area contributed by atoms with Gasteiger partial charge in [-0.2, -0.15) is 18.3 Å². The molecule has 0 aromatic carbocycles. The molecular weight excluding hydrogens is 377 g/mol. The van der Waals surface area contributed by atoms with Crippen LogP contribution in [0.25, 0.3) is 11.0 Å². The van der Waals surface area contributed by atoms with Gasteiger partial charge < -0.3 is 10.0 Å². The molecule has 2 aromatic heterocycles. The number of alkyl halides is 3. The molecule has 1 aliphatic carbocycles. The lowest BCUT2D eigenvalue weighted by Gasteiger charge is -2.19. The molecule has 10 heteroatoms. The third-order valence-electron chi connectivity index (χ3n) is 5.56. The van der Waals surface area contributed by atoms with E-state index in [4.69, 9.17) is 0 Å². The molecule has 0 unspecified atom stereocenters. The number of likely N-dealkylation sites (tertiary alicyclic amines) is 1. The van der Waals surface area contributed by atoms with Gasteiger partial charge in [0, 0.05) is 31.7 Å². The van der Waals surface area contributed by atoms with E-state index in [0.717, 1.165) is 23.4 Å². The molecule has 3 heterocycles. The summed E-state index contributed by atoms with van der Waals surface area (Å²) in [5, 5.41) is 14.0. The van der Waals surface area contributed by atoms with Crippen molar-refractivity contribution in [1.82, 2.24) is 19.7 Å². The van der Waals surface area contributed by atoms with E-state index in [1.165, 1.54) is 0 Å². The van der Waals surface area contributed by atoms with E-state index >= 15 is 0 Å². The number of carbonyl (C=O) groups is 2. The molecule has 28 heavy (non-hydrogen) atoms. The Morgan fingerprint density at radius 1 is 1.25 bits per heavy atom. The number of nitrogens with zero attached hydrogens (tertiary/aromatic N) is 4. The van der Waals surface area contributed by atoms with Gasteiger partial charge in [-0.15, -0.1) is 0 Å². The van der Waals surface area contributed by atoms with Crippen LogP contribution in [0.3, 0.4) is 0 Å². The number of pyridine rings is 1. The molecule has 1 aliphatic heterocycles. The minimum atomic E-state index is -4.69. The number of amides is 1. The van der Waals surface area contributed by atoms with Crippen LogP contribution >= 0.6 is 0 Å². The zero-order chi connectivity index (χ0) is 20.4. The minimum absolute atomic E-state index is 0.236. The fourth-order valence-electron chi connectivity index (χ4n) is 3.94. The second kappa shape index (κ2) is 6.18. The van der Waals surface area contributed by atoms with E-state index in [9.17, 15) is 27.9 Å². The van der Waals surface area contributed by atoms with Crippen molar-refractivity contribution in [2.75, 3.05) is 13.1 Å². The van der Waals surface area contributed by atoms with Crippen LogP contribution in [-0.4, -0.2) is 55.9 Å². The highest BCUT2D eigenvalue weighted by atomic mass is 19.4. The zero-order valence-electron chi connectivity index (χ0n) is 15.3. The van der Waals surface area contributed by atoms with Crippen molar-refractivity contribution in [3.63, 3.8) is 0 Å². The fourth-order valence-corrected chi connectivity index (χ4v) is 3.94. The highest BCUT2D eigenvalue weighted by Gasteiger charge is 2.53. The second-order valence-corrected chi connectivity index (χ2v) is 7.58. The van der Waals surface area contributed by atoms with Crippen LogP contribution in [0.5, 0.6) is 0 Å². The molecule has 1 saturated carbocycles. The molecule has 2 aliphatic rings. The summed E-state index contributed by atoms with van der Waals surface area (Å²) in [6, 6.07) is 1.63. The number of aromatic nitrogens is 3. The third-order valence-corrected chi connectivity index (χ3v) is 5.56. The van der Waals surface area contributed by atoms with Crippen LogP contribution in [0.15, 0.2) is 6.07 Å². The summed E-state index contributed by atoms with van der Waals surface area (Å²) in [6.07, 6.45) is -2.79. The molecule has 4 rings (SSSR count). The van der Waals surface area contributed by atoms with E-state index in [0.29, 0.717) is 16.7 Å². The molecular formula is C18H19F3N4O3. The average molecular weight is 396 g/mol. The Balaban J connectivity index is 1.76. The van der Waals surface area contributed by atoms with Gasteiger partial charge in [0.05, 0.1) is 28.5 Å². The lowest BCUT2D eigenvalue weighted by molar-refractivity contribution is -0.187. The summed E-state index contributed by atoms with van der Waals surface area (Å²) in [4.78, 5) is 30.1. The standard InChI is InChI=1S/C18H19F3N4O3/c1-8-14-10(5-13(9-3-4-9)22-15(14)24(2)23-8)16(26)25-6-11(17(27)28)12(7-25)18(19,20)21/h5,9,11-12H,3-4,6-7H2,1-2H3,(H,27,28)/t11-,12-/m1/s1. The van der Waals surface area contributed by atoms with Gasteiger partial charge in [0.1, 0.15) is 0 Å². The Hall–Kier alpha value is -2.65. The van der Waals surface area contributed by atoms with Crippen molar-refractivity contribution in [2.24, 2.45) is 18.9 Å². The number of aryl methyl sites for hydroxylation is 2. The van der Waals surface area contributed by atoms with Crippen LogP contribution < -0.4 is 0 Å². The van der Waals surface area contributed by atoms with Gasteiger partial charge in [0.25, 0.3) is 5.91 Å². The summed E-state index contributed by atoms with van der Waals surface area (Å²) in [5.41, 5.74) is 2.02. The molecule has 0 spiro atoms. The molecule has 150 valence electrons. The number of hydrogen-bond donors (Lipinski definition) is 1. The highest BCUT2D eigenvalue weighted by molar-refractivity contribution is 6.06. The number of carbonyl (C=O) groups excluding carboxylic acids is 1. The number of hydrogen-bond acceptors (Lipinski definition) is 4. The van der Waals surface area contributed by atoms with Crippen LogP contribution in [-0.2, 0) is 11.8 Å². The van der Waals surface area contributed by atoms with Gasteiger partial charge in [0.15, 0.2) is 5.65 Å². The first kappa shape index (κ1) is 18.7. The Morgan fingerprint density at radius 3 is 2.46 bits per heavy atom. The third kappa shape index (κ3) is 3.00. The maximum Gasteiger partial charge on any atom is 0.394 e. The lowest BCUT2D eigenvalue weighted by atomic mass is 9.96. The van der Waals surface area contributed by atoms with Gasteiger partial charge in [-0.3, -0.25) is 14.3 Å². The van der Waals surface area contributed by atoms with Crippen molar-refractivity contribution in [1.29, 1.82) is 0 Å². The molecule has 0 bridgehead atoms. The maximum atomic E-state index is 13.3. The van der Waals surface area contributed by atoms with Gasteiger partial charge in [0.2, 0.25) is 0 Å².